The SMILES string of the molecule is CCCCC(CC)COC1CCC(O)CC1. The van der Waals surface area contributed by atoms with Crippen LogP contribution in [0.4, 0.5) is 0 Å². The molecule has 0 aromatic heterocycles. The molecule has 0 aromatic carbocycles. The van der Waals surface area contributed by atoms with E-state index in [1.54, 1.807) is 0 Å². The van der Waals surface area contributed by atoms with E-state index in [2.05, 4.69) is 13.8 Å². The van der Waals surface area contributed by atoms with E-state index in [0.717, 1.165) is 38.2 Å². The third kappa shape index (κ3) is 5.31. The lowest BCUT2D eigenvalue weighted by atomic mass is 9.94. The van der Waals surface area contributed by atoms with Crippen molar-refractivity contribution in [2.45, 2.75) is 77.4 Å². The van der Waals surface area contributed by atoms with Gasteiger partial charge >= 0.3 is 0 Å². The lowest BCUT2D eigenvalue weighted by molar-refractivity contribution is -0.0192. The Labute approximate surface area is 100 Å². The van der Waals surface area contributed by atoms with Crippen LogP contribution in [-0.2, 0) is 4.74 Å². The molecule has 0 aromatic rings. The molecule has 0 heterocycles. The maximum Gasteiger partial charge on any atom is 0.0577 e. The van der Waals surface area contributed by atoms with Crippen LogP contribution < -0.4 is 0 Å². The summed E-state index contributed by atoms with van der Waals surface area (Å²) in [5.41, 5.74) is 0. The third-order valence-corrected chi connectivity index (χ3v) is 3.75. The van der Waals surface area contributed by atoms with Crippen molar-refractivity contribution < 1.29 is 9.84 Å². The Morgan fingerprint density at radius 2 is 1.88 bits per heavy atom. The molecule has 1 aliphatic rings. The molecule has 1 N–H and O–H groups in total. The molecular formula is C14H28O2. The lowest BCUT2D eigenvalue weighted by Gasteiger charge is -2.27. The van der Waals surface area contributed by atoms with Crippen molar-refractivity contribution in [2.75, 3.05) is 6.61 Å². The number of ether oxygens (including phenoxy) is 1. The van der Waals surface area contributed by atoms with Crippen LogP contribution in [0, 0.1) is 5.92 Å². The van der Waals surface area contributed by atoms with Crippen LogP contribution in [0.25, 0.3) is 0 Å². The van der Waals surface area contributed by atoms with Gasteiger partial charge in [-0.05, 0) is 38.0 Å². The summed E-state index contributed by atoms with van der Waals surface area (Å²) in [6, 6.07) is 0. The zero-order valence-corrected chi connectivity index (χ0v) is 11.0. The molecule has 0 bridgehead atoms. The summed E-state index contributed by atoms with van der Waals surface area (Å²) in [4.78, 5) is 0. The van der Waals surface area contributed by atoms with Crippen molar-refractivity contribution in [3.63, 3.8) is 0 Å². The van der Waals surface area contributed by atoms with Crippen LogP contribution in [-0.4, -0.2) is 23.9 Å². The van der Waals surface area contributed by atoms with E-state index in [4.69, 9.17) is 4.74 Å². The normalized spacial score (nSPS) is 27.9. The molecule has 1 atom stereocenters. The van der Waals surface area contributed by atoms with Crippen LogP contribution in [0.3, 0.4) is 0 Å². The summed E-state index contributed by atoms with van der Waals surface area (Å²) in [7, 11) is 0. The van der Waals surface area contributed by atoms with Gasteiger partial charge in [-0.15, -0.1) is 0 Å². The fourth-order valence-corrected chi connectivity index (χ4v) is 2.38. The molecule has 0 aliphatic heterocycles. The number of hydrogen-bond donors (Lipinski definition) is 1. The third-order valence-electron chi connectivity index (χ3n) is 3.75. The minimum absolute atomic E-state index is 0.0677. The summed E-state index contributed by atoms with van der Waals surface area (Å²) < 4.78 is 5.97. The summed E-state index contributed by atoms with van der Waals surface area (Å²) in [6.07, 6.45) is 9.44. The van der Waals surface area contributed by atoms with Gasteiger partial charge in [-0.2, -0.15) is 0 Å². The molecule has 1 unspecified atom stereocenters. The molecule has 0 radical (unpaired) electrons. The Kier molecular flexibility index (Phi) is 7.06. The smallest absolute Gasteiger partial charge is 0.0577 e. The maximum atomic E-state index is 9.41. The van der Waals surface area contributed by atoms with Crippen molar-refractivity contribution >= 4 is 0 Å². The summed E-state index contributed by atoms with van der Waals surface area (Å²) >= 11 is 0. The fraction of sp³-hybridized carbons (Fsp3) is 1.00. The van der Waals surface area contributed by atoms with E-state index < -0.39 is 0 Å². The number of aliphatic hydroxyl groups is 1. The van der Waals surface area contributed by atoms with E-state index in [0.29, 0.717) is 6.10 Å². The van der Waals surface area contributed by atoms with Gasteiger partial charge in [0.25, 0.3) is 0 Å². The molecule has 96 valence electrons. The average Bonchev–Trinajstić information content (AvgIpc) is 2.32. The number of aliphatic hydroxyl groups excluding tert-OH is 1. The van der Waals surface area contributed by atoms with Crippen LogP contribution in [0.1, 0.15) is 65.2 Å². The molecule has 2 nitrogen and oxygen atoms in total. The molecular weight excluding hydrogens is 200 g/mol. The van der Waals surface area contributed by atoms with Gasteiger partial charge < -0.3 is 9.84 Å². The highest BCUT2D eigenvalue weighted by Crippen LogP contribution is 2.22. The lowest BCUT2D eigenvalue weighted by Crippen LogP contribution is -2.26. The monoisotopic (exact) mass is 228 g/mol. The maximum absolute atomic E-state index is 9.41. The van der Waals surface area contributed by atoms with Gasteiger partial charge in [0.05, 0.1) is 12.2 Å². The molecule has 1 rings (SSSR count). The zero-order chi connectivity index (χ0) is 11.8. The van der Waals surface area contributed by atoms with Gasteiger partial charge in [-0.3, -0.25) is 0 Å². The fourth-order valence-electron chi connectivity index (χ4n) is 2.38. The first kappa shape index (κ1) is 14.0. The first-order chi connectivity index (χ1) is 7.76. The minimum Gasteiger partial charge on any atom is -0.393 e. The molecule has 2 heteroatoms. The van der Waals surface area contributed by atoms with Gasteiger partial charge in [-0.1, -0.05) is 33.1 Å². The Morgan fingerprint density at radius 1 is 1.19 bits per heavy atom. The molecule has 1 aliphatic carbocycles. The van der Waals surface area contributed by atoms with Crippen LogP contribution >= 0.6 is 0 Å². The second-order valence-corrected chi connectivity index (χ2v) is 5.18. The largest absolute Gasteiger partial charge is 0.393 e. The molecule has 0 spiro atoms. The highest BCUT2D eigenvalue weighted by atomic mass is 16.5. The van der Waals surface area contributed by atoms with E-state index in [1.165, 1.54) is 25.7 Å². The predicted molar refractivity (Wildman–Crippen MR) is 67.5 cm³/mol. The number of rotatable bonds is 7. The quantitative estimate of drug-likeness (QED) is 0.722. The summed E-state index contributed by atoms with van der Waals surface area (Å²) in [5.74, 6) is 0.742. The van der Waals surface area contributed by atoms with Crippen LogP contribution in [0.5, 0.6) is 0 Å². The summed E-state index contributed by atoms with van der Waals surface area (Å²) in [6.45, 7) is 5.43. The van der Waals surface area contributed by atoms with Crippen molar-refractivity contribution in [2.24, 2.45) is 5.92 Å². The predicted octanol–water partition coefficient (Wildman–Crippen LogP) is 3.52. The van der Waals surface area contributed by atoms with Gasteiger partial charge in [0.15, 0.2) is 0 Å². The Morgan fingerprint density at radius 3 is 2.44 bits per heavy atom. The number of unbranched alkanes of at least 4 members (excludes halogenated alkanes) is 1. The molecule has 16 heavy (non-hydrogen) atoms. The Hall–Kier alpha value is -0.0800. The van der Waals surface area contributed by atoms with Crippen LogP contribution in [0.15, 0.2) is 0 Å². The second-order valence-electron chi connectivity index (χ2n) is 5.18. The molecule has 1 saturated carbocycles. The van der Waals surface area contributed by atoms with Crippen molar-refractivity contribution in [1.82, 2.24) is 0 Å². The highest BCUT2D eigenvalue weighted by Gasteiger charge is 2.20. The van der Waals surface area contributed by atoms with E-state index >= 15 is 0 Å². The second kappa shape index (κ2) is 8.08. The molecule has 0 amide bonds. The van der Waals surface area contributed by atoms with E-state index in [9.17, 15) is 5.11 Å². The highest BCUT2D eigenvalue weighted by molar-refractivity contribution is 4.72. The van der Waals surface area contributed by atoms with Gasteiger partial charge in [-0.25, -0.2) is 0 Å². The average molecular weight is 228 g/mol. The minimum atomic E-state index is -0.0677. The van der Waals surface area contributed by atoms with Gasteiger partial charge in [0.2, 0.25) is 0 Å². The molecule has 0 saturated heterocycles. The first-order valence-electron chi connectivity index (χ1n) is 7.05. The molecule has 1 fully saturated rings. The standard InChI is InChI=1S/C14H28O2/c1-3-5-6-12(4-2)11-16-14-9-7-13(15)8-10-14/h12-15H,3-11H2,1-2H3. The van der Waals surface area contributed by atoms with Gasteiger partial charge in [0, 0.05) is 6.61 Å². The van der Waals surface area contributed by atoms with Crippen LogP contribution in [0.2, 0.25) is 0 Å². The Balaban J connectivity index is 2.11. The topological polar surface area (TPSA) is 29.5 Å². The zero-order valence-electron chi connectivity index (χ0n) is 11.0. The van der Waals surface area contributed by atoms with E-state index in [-0.39, 0.29) is 6.10 Å². The van der Waals surface area contributed by atoms with E-state index in [1.807, 2.05) is 0 Å². The summed E-state index contributed by atoms with van der Waals surface area (Å²) in [5, 5.41) is 9.41. The first-order valence-corrected chi connectivity index (χ1v) is 7.05. The Bertz CT molecular complexity index is 157. The van der Waals surface area contributed by atoms with Crippen molar-refractivity contribution in [1.29, 1.82) is 0 Å². The van der Waals surface area contributed by atoms with Gasteiger partial charge in [0.1, 0.15) is 0 Å². The van der Waals surface area contributed by atoms with Crippen molar-refractivity contribution in [3.05, 3.63) is 0 Å². The van der Waals surface area contributed by atoms with Crippen molar-refractivity contribution in [3.8, 4) is 0 Å². The number of hydrogen-bond acceptors (Lipinski definition) is 2.